The Labute approximate surface area is 71.9 Å². The average Bonchev–Trinajstić information content (AvgIpc) is 2.05. The van der Waals surface area contributed by atoms with E-state index in [1.807, 2.05) is 6.92 Å². The first-order valence-corrected chi connectivity index (χ1v) is 4.04. The van der Waals surface area contributed by atoms with Crippen LogP contribution in [0.15, 0.2) is 24.3 Å². The van der Waals surface area contributed by atoms with Gasteiger partial charge in [-0.05, 0) is 31.0 Å². The highest BCUT2D eigenvalue weighted by Crippen LogP contribution is 2.23. The number of rotatable bonds is 2. The Bertz CT molecular complexity index is 251. The summed E-state index contributed by atoms with van der Waals surface area (Å²) in [6.45, 7) is 3.61. The number of hydrogen-bond acceptors (Lipinski definition) is 1. The van der Waals surface area contributed by atoms with Crippen LogP contribution in [0.1, 0.15) is 25.8 Å². The summed E-state index contributed by atoms with van der Waals surface area (Å²) in [6.07, 6.45) is 0.624. The van der Waals surface area contributed by atoms with Gasteiger partial charge in [-0.3, -0.25) is 0 Å². The van der Waals surface area contributed by atoms with Gasteiger partial charge in [0.1, 0.15) is 5.82 Å². The molecule has 0 aliphatic carbocycles. The van der Waals surface area contributed by atoms with E-state index in [1.54, 1.807) is 19.1 Å². The summed E-state index contributed by atoms with van der Waals surface area (Å²) in [5.74, 6) is -0.273. The van der Waals surface area contributed by atoms with Crippen molar-refractivity contribution in [3.05, 3.63) is 35.6 Å². The topological polar surface area (TPSA) is 20.2 Å². The lowest BCUT2D eigenvalue weighted by Gasteiger charge is -2.21. The molecule has 1 atom stereocenters. The first-order valence-electron chi connectivity index (χ1n) is 4.04. The first-order chi connectivity index (χ1) is 5.56. The van der Waals surface area contributed by atoms with Gasteiger partial charge in [-0.25, -0.2) is 4.39 Å². The minimum absolute atomic E-state index is 0.273. The molecule has 0 saturated carbocycles. The molecule has 0 fully saturated rings. The van der Waals surface area contributed by atoms with Crippen LogP contribution < -0.4 is 0 Å². The van der Waals surface area contributed by atoms with Gasteiger partial charge in [0.05, 0.1) is 5.60 Å². The van der Waals surface area contributed by atoms with E-state index in [2.05, 4.69) is 0 Å². The predicted molar refractivity (Wildman–Crippen MR) is 46.3 cm³/mol. The molecule has 0 amide bonds. The first kappa shape index (κ1) is 9.20. The van der Waals surface area contributed by atoms with Crippen molar-refractivity contribution in [2.45, 2.75) is 25.9 Å². The Morgan fingerprint density at radius 1 is 1.33 bits per heavy atom. The van der Waals surface area contributed by atoms with Crippen molar-refractivity contribution in [2.75, 3.05) is 0 Å². The van der Waals surface area contributed by atoms with Gasteiger partial charge in [-0.1, -0.05) is 19.1 Å². The zero-order chi connectivity index (χ0) is 9.19. The van der Waals surface area contributed by atoms with Crippen LogP contribution >= 0.6 is 0 Å². The predicted octanol–water partition coefficient (Wildman–Crippen LogP) is 2.44. The maximum absolute atomic E-state index is 12.5. The zero-order valence-corrected chi connectivity index (χ0v) is 7.34. The minimum Gasteiger partial charge on any atom is -0.385 e. The molecule has 0 heterocycles. The fraction of sp³-hybridized carbons (Fsp3) is 0.400. The van der Waals surface area contributed by atoms with E-state index in [9.17, 15) is 9.50 Å². The van der Waals surface area contributed by atoms with Gasteiger partial charge in [0, 0.05) is 0 Å². The summed E-state index contributed by atoms with van der Waals surface area (Å²) in [6, 6.07) is 5.94. The molecule has 0 aliphatic heterocycles. The van der Waals surface area contributed by atoms with E-state index in [1.165, 1.54) is 12.1 Å². The smallest absolute Gasteiger partial charge is 0.123 e. The number of aliphatic hydroxyl groups is 1. The summed E-state index contributed by atoms with van der Waals surface area (Å²) in [4.78, 5) is 0. The normalized spacial score (nSPS) is 15.7. The SMILES string of the molecule is CC[C@](C)(O)c1ccc(F)cc1. The highest BCUT2D eigenvalue weighted by molar-refractivity contribution is 5.21. The Morgan fingerprint density at radius 2 is 1.83 bits per heavy atom. The van der Waals surface area contributed by atoms with Gasteiger partial charge in [0.15, 0.2) is 0 Å². The Balaban J connectivity index is 2.96. The summed E-state index contributed by atoms with van der Waals surface area (Å²) in [7, 11) is 0. The Kier molecular flexibility index (Phi) is 2.48. The largest absolute Gasteiger partial charge is 0.385 e. The second kappa shape index (κ2) is 3.23. The Morgan fingerprint density at radius 3 is 2.25 bits per heavy atom. The molecule has 0 unspecified atom stereocenters. The van der Waals surface area contributed by atoms with Crippen molar-refractivity contribution < 1.29 is 9.50 Å². The molecule has 0 aromatic heterocycles. The number of halogens is 1. The fourth-order valence-corrected chi connectivity index (χ4v) is 1.01. The summed E-state index contributed by atoms with van der Waals surface area (Å²) in [5.41, 5.74) is -0.0837. The van der Waals surface area contributed by atoms with E-state index >= 15 is 0 Å². The highest BCUT2D eigenvalue weighted by Gasteiger charge is 2.19. The van der Waals surface area contributed by atoms with Crippen LogP contribution in [0.25, 0.3) is 0 Å². The van der Waals surface area contributed by atoms with E-state index in [-0.39, 0.29) is 5.82 Å². The van der Waals surface area contributed by atoms with Crippen LogP contribution in [0, 0.1) is 5.82 Å². The standard InChI is InChI=1S/C10H13FO/c1-3-10(2,12)8-4-6-9(11)7-5-8/h4-7,12H,3H2,1-2H3/t10-/m0/s1. The second-order valence-electron chi connectivity index (χ2n) is 3.13. The molecule has 1 aromatic carbocycles. The van der Waals surface area contributed by atoms with Crippen LogP contribution in [0.2, 0.25) is 0 Å². The summed E-state index contributed by atoms with van der Waals surface area (Å²) in [5, 5.41) is 9.76. The molecule has 0 radical (unpaired) electrons. The molecule has 1 nitrogen and oxygen atoms in total. The van der Waals surface area contributed by atoms with Crippen molar-refractivity contribution >= 4 is 0 Å². The van der Waals surface area contributed by atoms with Crippen molar-refractivity contribution in [1.82, 2.24) is 0 Å². The molecule has 0 bridgehead atoms. The van der Waals surface area contributed by atoms with E-state index < -0.39 is 5.60 Å². The number of hydrogen-bond donors (Lipinski definition) is 1. The lowest BCUT2D eigenvalue weighted by molar-refractivity contribution is 0.0530. The quantitative estimate of drug-likeness (QED) is 0.719. The molecule has 1 N–H and O–H groups in total. The van der Waals surface area contributed by atoms with Crippen LogP contribution in [0.4, 0.5) is 4.39 Å². The maximum Gasteiger partial charge on any atom is 0.123 e. The summed E-state index contributed by atoms with van der Waals surface area (Å²) >= 11 is 0. The van der Waals surface area contributed by atoms with Crippen LogP contribution in [0.3, 0.4) is 0 Å². The molecule has 0 spiro atoms. The van der Waals surface area contributed by atoms with E-state index in [0.29, 0.717) is 6.42 Å². The highest BCUT2D eigenvalue weighted by atomic mass is 19.1. The average molecular weight is 168 g/mol. The Hall–Kier alpha value is -0.890. The molecule has 66 valence electrons. The maximum atomic E-state index is 12.5. The molecular weight excluding hydrogens is 155 g/mol. The van der Waals surface area contributed by atoms with Crippen LogP contribution in [-0.2, 0) is 5.60 Å². The van der Waals surface area contributed by atoms with Gasteiger partial charge < -0.3 is 5.11 Å². The second-order valence-corrected chi connectivity index (χ2v) is 3.13. The third-order valence-electron chi connectivity index (χ3n) is 2.15. The van der Waals surface area contributed by atoms with Gasteiger partial charge in [0.2, 0.25) is 0 Å². The third-order valence-corrected chi connectivity index (χ3v) is 2.15. The van der Waals surface area contributed by atoms with Gasteiger partial charge in [-0.2, -0.15) is 0 Å². The van der Waals surface area contributed by atoms with E-state index in [4.69, 9.17) is 0 Å². The fourth-order valence-electron chi connectivity index (χ4n) is 1.01. The monoisotopic (exact) mass is 168 g/mol. The molecule has 12 heavy (non-hydrogen) atoms. The van der Waals surface area contributed by atoms with Crippen LogP contribution in [-0.4, -0.2) is 5.11 Å². The molecule has 0 saturated heterocycles. The lowest BCUT2D eigenvalue weighted by atomic mass is 9.94. The third kappa shape index (κ3) is 1.83. The van der Waals surface area contributed by atoms with Crippen molar-refractivity contribution in [3.8, 4) is 0 Å². The van der Waals surface area contributed by atoms with E-state index in [0.717, 1.165) is 5.56 Å². The van der Waals surface area contributed by atoms with Gasteiger partial charge in [0.25, 0.3) is 0 Å². The van der Waals surface area contributed by atoms with Crippen LogP contribution in [0.5, 0.6) is 0 Å². The van der Waals surface area contributed by atoms with Gasteiger partial charge in [-0.15, -0.1) is 0 Å². The molecule has 0 aliphatic rings. The zero-order valence-electron chi connectivity index (χ0n) is 7.34. The molecule has 1 aromatic rings. The lowest BCUT2D eigenvalue weighted by Crippen LogP contribution is -2.19. The summed E-state index contributed by atoms with van der Waals surface area (Å²) < 4.78 is 12.5. The van der Waals surface area contributed by atoms with Crippen molar-refractivity contribution in [3.63, 3.8) is 0 Å². The minimum atomic E-state index is -0.840. The molecule has 2 heteroatoms. The van der Waals surface area contributed by atoms with Crippen molar-refractivity contribution in [1.29, 1.82) is 0 Å². The molecule has 1 rings (SSSR count). The van der Waals surface area contributed by atoms with Crippen molar-refractivity contribution in [2.24, 2.45) is 0 Å². The van der Waals surface area contributed by atoms with Gasteiger partial charge >= 0.3 is 0 Å². The number of benzene rings is 1. The molecular formula is C10H13FO.